The molecule has 174 valence electrons. The highest BCUT2D eigenvalue weighted by atomic mass is 16.5. The summed E-state index contributed by atoms with van der Waals surface area (Å²) >= 11 is 0. The number of hydrogen-bond donors (Lipinski definition) is 0. The first-order chi connectivity index (χ1) is 16.1. The van der Waals surface area contributed by atoms with Crippen molar-refractivity contribution < 1.29 is 23.5 Å². The molecule has 0 radical (unpaired) electrons. The summed E-state index contributed by atoms with van der Waals surface area (Å²) in [4.78, 5) is 0. The SMILES string of the molecule is COC1=c2c[n+](C)c3c(ccc4c(C5CCCCC5)c(OC)c(OC)cc43)c2=CCC1OC. The first kappa shape index (κ1) is 22.0. The predicted molar refractivity (Wildman–Crippen MR) is 131 cm³/mol. The van der Waals surface area contributed by atoms with Crippen molar-refractivity contribution in [1.29, 1.82) is 0 Å². The van der Waals surface area contributed by atoms with Crippen LogP contribution in [0.25, 0.3) is 33.5 Å². The fourth-order valence-corrected chi connectivity index (χ4v) is 6.04. The van der Waals surface area contributed by atoms with E-state index in [2.05, 4.69) is 42.1 Å². The van der Waals surface area contributed by atoms with Crippen LogP contribution in [-0.4, -0.2) is 34.5 Å². The number of pyridine rings is 1. The standard InChI is InChI=1S/C28H34NO4/c1-29-16-22-18(13-14-23(30-2)27(22)32-4)20-12-11-19-21(26(20)29)15-24(31-3)28(33-5)25(19)17-9-7-6-8-10-17/h11-13,15-17,23H,6-10,14H2,1-5H3/q+1. The molecule has 5 heteroatoms. The summed E-state index contributed by atoms with van der Waals surface area (Å²) < 4.78 is 25.5. The average molecular weight is 449 g/mol. The van der Waals surface area contributed by atoms with E-state index in [4.69, 9.17) is 18.9 Å². The molecule has 5 rings (SSSR count). The number of benzene rings is 2. The molecule has 0 aliphatic heterocycles. The molecule has 0 amide bonds. The zero-order valence-electron chi connectivity index (χ0n) is 20.4. The highest BCUT2D eigenvalue weighted by molar-refractivity contribution is 6.07. The third kappa shape index (κ3) is 3.45. The molecular weight excluding hydrogens is 414 g/mol. The maximum absolute atomic E-state index is 5.94. The second-order valence-electron chi connectivity index (χ2n) is 9.22. The molecule has 1 unspecified atom stereocenters. The maximum atomic E-state index is 5.94. The van der Waals surface area contributed by atoms with Gasteiger partial charge in [0.1, 0.15) is 18.9 Å². The Labute approximate surface area is 195 Å². The maximum Gasteiger partial charge on any atom is 0.220 e. The van der Waals surface area contributed by atoms with Crippen LogP contribution in [0.5, 0.6) is 11.5 Å². The molecule has 3 aromatic rings. The van der Waals surface area contributed by atoms with Crippen molar-refractivity contribution in [2.45, 2.75) is 50.5 Å². The van der Waals surface area contributed by atoms with Crippen LogP contribution in [0, 0.1) is 0 Å². The Bertz CT molecular complexity index is 1340. The second kappa shape index (κ2) is 8.86. The van der Waals surface area contributed by atoms with Gasteiger partial charge in [-0.1, -0.05) is 31.4 Å². The summed E-state index contributed by atoms with van der Waals surface area (Å²) in [5, 5.41) is 6.00. The lowest BCUT2D eigenvalue weighted by Gasteiger charge is -2.26. The molecule has 33 heavy (non-hydrogen) atoms. The van der Waals surface area contributed by atoms with Crippen LogP contribution in [0.2, 0.25) is 0 Å². The number of hydrogen-bond acceptors (Lipinski definition) is 4. The molecule has 1 aromatic heterocycles. The van der Waals surface area contributed by atoms with E-state index in [1.807, 2.05) is 0 Å². The molecule has 2 aliphatic carbocycles. The molecule has 2 aromatic carbocycles. The lowest BCUT2D eigenvalue weighted by molar-refractivity contribution is -0.644. The first-order valence-electron chi connectivity index (χ1n) is 11.9. The van der Waals surface area contributed by atoms with E-state index in [-0.39, 0.29) is 6.10 Å². The average Bonchev–Trinajstić information content (AvgIpc) is 2.86. The van der Waals surface area contributed by atoms with Crippen LogP contribution >= 0.6 is 0 Å². The number of nitrogens with zero attached hydrogens (tertiary/aromatic N) is 1. The van der Waals surface area contributed by atoms with Gasteiger partial charge >= 0.3 is 0 Å². The van der Waals surface area contributed by atoms with Crippen molar-refractivity contribution in [3.8, 4) is 11.5 Å². The molecule has 1 atom stereocenters. The fraction of sp³-hybridized carbons (Fsp3) is 0.464. The predicted octanol–water partition coefficient (Wildman–Crippen LogP) is 3.84. The number of rotatable bonds is 5. The second-order valence-corrected chi connectivity index (χ2v) is 9.22. The Hall–Kier alpha value is -2.79. The minimum absolute atomic E-state index is 0.0531. The van der Waals surface area contributed by atoms with E-state index in [0.717, 1.165) is 28.9 Å². The number of fused-ring (bicyclic) bond motifs is 5. The zero-order chi connectivity index (χ0) is 23.1. The van der Waals surface area contributed by atoms with E-state index in [0.29, 0.717) is 5.92 Å². The van der Waals surface area contributed by atoms with Crippen molar-refractivity contribution in [3.05, 3.63) is 40.4 Å². The van der Waals surface area contributed by atoms with Gasteiger partial charge in [-0.05, 0) is 42.7 Å². The third-order valence-corrected chi connectivity index (χ3v) is 7.54. The molecular formula is C28H34NO4+. The van der Waals surface area contributed by atoms with Gasteiger partial charge in [0.2, 0.25) is 5.52 Å². The van der Waals surface area contributed by atoms with E-state index in [1.54, 1.807) is 28.4 Å². The highest BCUT2D eigenvalue weighted by Crippen LogP contribution is 2.47. The van der Waals surface area contributed by atoms with Gasteiger partial charge in [-0.25, -0.2) is 0 Å². The number of aryl methyl sites for hydroxylation is 1. The zero-order valence-corrected chi connectivity index (χ0v) is 20.4. The minimum Gasteiger partial charge on any atom is -0.497 e. The van der Waals surface area contributed by atoms with Gasteiger partial charge in [-0.15, -0.1) is 0 Å². The summed E-state index contributed by atoms with van der Waals surface area (Å²) in [6, 6.07) is 6.70. The van der Waals surface area contributed by atoms with Crippen molar-refractivity contribution in [2.24, 2.45) is 7.05 Å². The quantitative estimate of drug-likeness (QED) is 0.439. The molecule has 1 fully saturated rings. The molecule has 0 saturated heterocycles. The fourth-order valence-electron chi connectivity index (χ4n) is 6.04. The van der Waals surface area contributed by atoms with E-state index in [9.17, 15) is 0 Å². The summed E-state index contributed by atoms with van der Waals surface area (Å²) in [6.07, 6.45) is 11.5. The molecule has 1 heterocycles. The highest BCUT2D eigenvalue weighted by Gasteiger charge is 2.28. The number of methoxy groups -OCH3 is 4. The lowest BCUT2D eigenvalue weighted by atomic mass is 9.81. The minimum atomic E-state index is -0.0531. The van der Waals surface area contributed by atoms with Gasteiger partial charge in [0.05, 0.1) is 37.3 Å². The van der Waals surface area contributed by atoms with Crippen LogP contribution < -0.4 is 24.5 Å². The molecule has 0 spiro atoms. The molecule has 1 saturated carbocycles. The Morgan fingerprint density at radius 2 is 1.64 bits per heavy atom. The summed E-state index contributed by atoms with van der Waals surface area (Å²) in [5.74, 6) is 3.08. The van der Waals surface area contributed by atoms with Crippen LogP contribution in [0.15, 0.2) is 24.4 Å². The lowest BCUT2D eigenvalue weighted by Crippen LogP contribution is -2.45. The van der Waals surface area contributed by atoms with Gasteiger partial charge in [-0.3, -0.25) is 0 Å². The monoisotopic (exact) mass is 448 g/mol. The van der Waals surface area contributed by atoms with Crippen molar-refractivity contribution >= 4 is 33.5 Å². The van der Waals surface area contributed by atoms with Gasteiger partial charge in [-0.2, -0.15) is 4.57 Å². The van der Waals surface area contributed by atoms with Gasteiger partial charge in [0.15, 0.2) is 17.7 Å². The van der Waals surface area contributed by atoms with E-state index >= 15 is 0 Å². The third-order valence-electron chi connectivity index (χ3n) is 7.54. The van der Waals surface area contributed by atoms with Gasteiger partial charge in [0, 0.05) is 17.9 Å². The number of ether oxygens (including phenoxy) is 4. The Balaban J connectivity index is 1.90. The van der Waals surface area contributed by atoms with Crippen LogP contribution in [-0.2, 0) is 16.5 Å². The summed E-state index contributed by atoms with van der Waals surface area (Å²) in [7, 11) is 9.08. The normalized spacial score (nSPS) is 18.8. The van der Waals surface area contributed by atoms with Crippen molar-refractivity contribution in [1.82, 2.24) is 0 Å². The smallest absolute Gasteiger partial charge is 0.220 e. The van der Waals surface area contributed by atoms with Crippen LogP contribution in [0.4, 0.5) is 0 Å². The molecule has 2 aliphatic rings. The van der Waals surface area contributed by atoms with Crippen LogP contribution in [0.1, 0.15) is 50.0 Å². The molecule has 5 nitrogen and oxygen atoms in total. The van der Waals surface area contributed by atoms with E-state index in [1.165, 1.54) is 64.6 Å². The number of aromatic nitrogens is 1. The van der Waals surface area contributed by atoms with Gasteiger partial charge < -0.3 is 18.9 Å². The first-order valence-corrected chi connectivity index (χ1v) is 11.9. The summed E-state index contributed by atoms with van der Waals surface area (Å²) in [6.45, 7) is 0. The van der Waals surface area contributed by atoms with Gasteiger partial charge in [0.25, 0.3) is 0 Å². The van der Waals surface area contributed by atoms with E-state index < -0.39 is 0 Å². The topological polar surface area (TPSA) is 40.8 Å². The largest absolute Gasteiger partial charge is 0.497 e. The van der Waals surface area contributed by atoms with Crippen molar-refractivity contribution in [3.63, 3.8) is 0 Å². The van der Waals surface area contributed by atoms with Crippen molar-refractivity contribution in [2.75, 3.05) is 28.4 Å². The molecule has 0 bridgehead atoms. The Kier molecular flexibility index (Phi) is 5.92. The van der Waals surface area contributed by atoms with Crippen LogP contribution in [0.3, 0.4) is 0 Å². The molecule has 0 N–H and O–H groups in total. The Morgan fingerprint density at radius 3 is 2.30 bits per heavy atom. The summed E-state index contributed by atoms with van der Waals surface area (Å²) in [5.41, 5.74) is 2.51. The Morgan fingerprint density at radius 1 is 0.879 bits per heavy atom.